The highest BCUT2D eigenvalue weighted by molar-refractivity contribution is 5.86. The van der Waals surface area contributed by atoms with Crippen molar-refractivity contribution in [2.24, 2.45) is 0 Å². The van der Waals surface area contributed by atoms with Crippen molar-refractivity contribution in [3.8, 4) is 11.1 Å². The number of fused-ring (bicyclic) bond motifs is 6. The molecule has 0 spiro atoms. The molecule has 2 atom stereocenters. The smallest absolute Gasteiger partial charge is 0.0630 e. The van der Waals surface area contributed by atoms with Crippen molar-refractivity contribution in [3.05, 3.63) is 137 Å². The van der Waals surface area contributed by atoms with E-state index in [9.17, 15) is 0 Å². The number of rotatable bonds is 3. The molecule has 1 heterocycles. The number of benzene rings is 4. The zero-order valence-corrected chi connectivity index (χ0v) is 20.3. The maximum Gasteiger partial charge on any atom is 0.0630 e. The highest BCUT2D eigenvalue weighted by atomic mass is 15.2. The third kappa shape index (κ3) is 3.22. The lowest BCUT2D eigenvalue weighted by Gasteiger charge is -2.30. The van der Waals surface area contributed by atoms with Crippen molar-refractivity contribution in [1.82, 2.24) is 0 Å². The van der Waals surface area contributed by atoms with Crippen LogP contribution in [0.3, 0.4) is 0 Å². The van der Waals surface area contributed by atoms with Crippen LogP contribution in [0.5, 0.6) is 0 Å². The Bertz CT molecular complexity index is 1520. The summed E-state index contributed by atoms with van der Waals surface area (Å²) in [6, 6.07) is 34.2. The van der Waals surface area contributed by atoms with E-state index < -0.39 is 0 Å². The van der Waals surface area contributed by atoms with Crippen molar-refractivity contribution in [2.75, 3.05) is 4.90 Å². The lowest BCUT2D eigenvalue weighted by molar-refractivity contribution is 0.746. The largest absolute Gasteiger partial charge is 0.333 e. The van der Waals surface area contributed by atoms with Gasteiger partial charge in [0.25, 0.3) is 0 Å². The van der Waals surface area contributed by atoms with E-state index in [1.54, 1.807) is 0 Å². The molecule has 1 aliphatic heterocycles. The molecule has 1 nitrogen and oxygen atoms in total. The molecule has 0 amide bonds. The van der Waals surface area contributed by atoms with Crippen LogP contribution in [0.4, 0.5) is 11.4 Å². The maximum atomic E-state index is 2.54. The van der Waals surface area contributed by atoms with Gasteiger partial charge in [-0.05, 0) is 81.1 Å². The Morgan fingerprint density at radius 2 is 1.60 bits per heavy atom. The van der Waals surface area contributed by atoms with Crippen molar-refractivity contribution in [3.63, 3.8) is 0 Å². The highest BCUT2D eigenvalue weighted by Gasteiger charge is 2.38. The third-order valence-electron chi connectivity index (χ3n) is 8.00. The average Bonchev–Trinajstić information content (AvgIpc) is 3.43. The normalized spacial score (nSPS) is 19.3. The molecule has 2 aliphatic carbocycles. The molecule has 7 rings (SSSR count). The SMILES string of the molecule is CC(C)c1cccc(N2c3ccccc3C3C=C(c4ccc5c(c4)-c4ccccc4C5)C=CC32)c1. The summed E-state index contributed by atoms with van der Waals surface area (Å²) in [5.74, 6) is 0.858. The number of nitrogens with zero attached hydrogens (tertiary/aromatic N) is 1. The topological polar surface area (TPSA) is 3.24 Å². The molecule has 0 bridgehead atoms. The standard InChI is InChI=1S/C34H29N/c1-22(2)23-9-7-10-28(19-23)35-33-13-6-5-12-30(33)32-21-25(16-17-34(32)35)24-14-15-27-18-26-8-3-4-11-29(26)31(27)20-24/h3-17,19-22,32,34H,18H2,1-2H3. The van der Waals surface area contributed by atoms with Crippen molar-refractivity contribution in [1.29, 1.82) is 0 Å². The third-order valence-corrected chi connectivity index (χ3v) is 8.00. The van der Waals surface area contributed by atoms with Gasteiger partial charge >= 0.3 is 0 Å². The number of allylic oxidation sites excluding steroid dienone is 2. The lowest BCUT2D eigenvalue weighted by Crippen LogP contribution is -2.29. The zero-order valence-electron chi connectivity index (χ0n) is 20.3. The van der Waals surface area contributed by atoms with E-state index in [4.69, 9.17) is 0 Å². The Morgan fingerprint density at radius 1 is 0.771 bits per heavy atom. The summed E-state index contributed by atoms with van der Waals surface area (Å²) in [4.78, 5) is 2.54. The molecule has 2 unspecified atom stereocenters. The first-order chi connectivity index (χ1) is 17.2. The number of hydrogen-bond acceptors (Lipinski definition) is 1. The average molecular weight is 452 g/mol. The van der Waals surface area contributed by atoms with Gasteiger partial charge in [0.05, 0.1) is 6.04 Å². The number of hydrogen-bond donors (Lipinski definition) is 0. The molecule has 35 heavy (non-hydrogen) atoms. The highest BCUT2D eigenvalue weighted by Crippen LogP contribution is 2.49. The predicted molar refractivity (Wildman–Crippen MR) is 147 cm³/mol. The minimum atomic E-state index is 0.300. The summed E-state index contributed by atoms with van der Waals surface area (Å²) in [5, 5.41) is 0. The van der Waals surface area contributed by atoms with Gasteiger partial charge in [-0.25, -0.2) is 0 Å². The summed E-state index contributed by atoms with van der Waals surface area (Å²) in [6.07, 6.45) is 8.31. The maximum absolute atomic E-state index is 2.54. The van der Waals surface area contributed by atoms with Crippen LogP contribution in [-0.2, 0) is 6.42 Å². The van der Waals surface area contributed by atoms with E-state index in [1.807, 2.05) is 0 Å². The van der Waals surface area contributed by atoms with E-state index in [-0.39, 0.29) is 0 Å². The van der Waals surface area contributed by atoms with Crippen LogP contribution in [0, 0.1) is 0 Å². The molecule has 4 aromatic rings. The molecule has 0 radical (unpaired) electrons. The summed E-state index contributed by atoms with van der Waals surface area (Å²) < 4.78 is 0. The molecular weight excluding hydrogens is 422 g/mol. The molecule has 0 saturated heterocycles. The first kappa shape index (κ1) is 20.5. The van der Waals surface area contributed by atoms with Crippen LogP contribution >= 0.6 is 0 Å². The van der Waals surface area contributed by atoms with Crippen molar-refractivity contribution < 1.29 is 0 Å². The van der Waals surface area contributed by atoms with Gasteiger partial charge in [-0.2, -0.15) is 0 Å². The Morgan fingerprint density at radius 3 is 2.51 bits per heavy atom. The first-order valence-electron chi connectivity index (χ1n) is 12.8. The number of anilines is 2. The van der Waals surface area contributed by atoms with Crippen LogP contribution in [-0.4, -0.2) is 6.04 Å². The zero-order chi connectivity index (χ0) is 23.5. The van der Waals surface area contributed by atoms with Crippen LogP contribution in [0.1, 0.15) is 53.5 Å². The Hall–Kier alpha value is -3.84. The molecule has 3 aliphatic rings. The van der Waals surface area contributed by atoms with E-state index >= 15 is 0 Å². The van der Waals surface area contributed by atoms with E-state index in [0.29, 0.717) is 17.9 Å². The second-order valence-electron chi connectivity index (χ2n) is 10.4. The monoisotopic (exact) mass is 451 g/mol. The van der Waals surface area contributed by atoms with Gasteiger partial charge in [0.2, 0.25) is 0 Å². The van der Waals surface area contributed by atoms with Gasteiger partial charge in [0, 0.05) is 17.3 Å². The van der Waals surface area contributed by atoms with E-state index in [2.05, 4.69) is 128 Å². The molecule has 4 aromatic carbocycles. The van der Waals surface area contributed by atoms with Gasteiger partial charge in [-0.3, -0.25) is 0 Å². The van der Waals surface area contributed by atoms with Crippen LogP contribution < -0.4 is 4.90 Å². The number of para-hydroxylation sites is 1. The summed E-state index contributed by atoms with van der Waals surface area (Å²) in [6.45, 7) is 4.54. The van der Waals surface area contributed by atoms with E-state index in [0.717, 1.165) is 6.42 Å². The van der Waals surface area contributed by atoms with Gasteiger partial charge < -0.3 is 4.90 Å². The fourth-order valence-electron chi connectivity index (χ4n) is 6.18. The lowest BCUT2D eigenvalue weighted by atomic mass is 9.85. The molecule has 0 saturated carbocycles. The quantitative estimate of drug-likeness (QED) is 0.265. The summed E-state index contributed by atoms with van der Waals surface area (Å²) in [7, 11) is 0. The van der Waals surface area contributed by atoms with Crippen molar-refractivity contribution >= 4 is 16.9 Å². The minimum absolute atomic E-state index is 0.300. The summed E-state index contributed by atoms with van der Waals surface area (Å²) >= 11 is 0. The van der Waals surface area contributed by atoms with Crippen molar-refractivity contribution in [2.45, 2.75) is 38.1 Å². The Balaban J connectivity index is 1.29. The molecule has 1 heteroatoms. The molecule has 170 valence electrons. The Kier molecular flexibility index (Phi) is 4.60. The molecular formula is C34H29N. The van der Waals surface area contributed by atoms with Gasteiger partial charge in [0.15, 0.2) is 0 Å². The van der Waals surface area contributed by atoms with Gasteiger partial charge in [0.1, 0.15) is 0 Å². The van der Waals surface area contributed by atoms with Gasteiger partial charge in [-0.15, -0.1) is 0 Å². The Labute approximate surface area is 208 Å². The minimum Gasteiger partial charge on any atom is -0.333 e. The van der Waals surface area contributed by atoms with Crippen LogP contribution in [0.25, 0.3) is 16.7 Å². The predicted octanol–water partition coefficient (Wildman–Crippen LogP) is 8.64. The van der Waals surface area contributed by atoms with Crippen LogP contribution in [0.2, 0.25) is 0 Å². The molecule has 0 fully saturated rings. The van der Waals surface area contributed by atoms with E-state index in [1.165, 1.54) is 55.9 Å². The van der Waals surface area contributed by atoms with Crippen LogP contribution in [0.15, 0.2) is 109 Å². The molecule has 0 aromatic heterocycles. The second kappa shape index (κ2) is 7.85. The summed E-state index contributed by atoms with van der Waals surface area (Å²) in [5.41, 5.74) is 13.7. The fourth-order valence-corrected chi connectivity index (χ4v) is 6.18. The molecule has 0 N–H and O–H groups in total. The fraction of sp³-hybridized carbons (Fsp3) is 0.176. The second-order valence-corrected chi connectivity index (χ2v) is 10.4. The van der Waals surface area contributed by atoms with Gasteiger partial charge in [-0.1, -0.05) is 98.8 Å². The first-order valence-corrected chi connectivity index (χ1v) is 12.8.